The molecule has 19 heteroatoms. The average molecular weight is 849 g/mol. The summed E-state index contributed by atoms with van der Waals surface area (Å²) in [5.41, 5.74) is 8.09. The molecule has 3 aromatic carbocycles. The zero-order chi connectivity index (χ0) is 43.7. The number of guanidine groups is 1. The molecule has 1 unspecified atom stereocenters. The highest BCUT2D eigenvalue weighted by molar-refractivity contribution is 6.68. The van der Waals surface area contributed by atoms with Crippen LogP contribution in [0.5, 0.6) is 11.5 Å². The maximum absolute atomic E-state index is 14.5. The lowest BCUT2D eigenvalue weighted by Gasteiger charge is -2.42. The number of ether oxygens (including phenoxy) is 4. The topological polar surface area (TPSA) is 290 Å². The number of amidine groups is 1. The Hall–Kier alpha value is -6.58. The molecule has 0 radical (unpaired) electrons. The molecule has 4 aliphatic rings. The molecule has 9 N–H and O–H groups in total. The number of benzene rings is 3. The van der Waals surface area contributed by atoms with Crippen molar-refractivity contribution >= 4 is 52.8 Å². The van der Waals surface area contributed by atoms with E-state index < -0.39 is 67.5 Å². The van der Waals surface area contributed by atoms with Crippen LogP contribution in [0.25, 0.3) is 0 Å². The lowest BCUT2D eigenvalue weighted by molar-refractivity contribution is -0.723. The summed E-state index contributed by atoms with van der Waals surface area (Å²) in [5.74, 6) is -1.99. The summed E-state index contributed by atoms with van der Waals surface area (Å²) in [6.45, 7) is -1.24. The molecule has 1 amide bonds. The normalized spacial score (nSPS) is 23.4. The molecule has 1 saturated heterocycles. The second-order valence-corrected chi connectivity index (χ2v) is 14.9. The molecule has 3 aliphatic heterocycles. The molecule has 0 saturated carbocycles. The van der Waals surface area contributed by atoms with Crippen molar-refractivity contribution in [3.63, 3.8) is 0 Å². The summed E-state index contributed by atoms with van der Waals surface area (Å²) in [7, 11) is 0. The van der Waals surface area contributed by atoms with Gasteiger partial charge in [0.2, 0.25) is 18.0 Å². The summed E-state index contributed by atoms with van der Waals surface area (Å²) in [6, 6.07) is 18.2. The summed E-state index contributed by atoms with van der Waals surface area (Å²) in [5, 5.41) is 53.8. The maximum atomic E-state index is 14.5. The number of aliphatic hydroxyl groups is 4. The Morgan fingerprint density at radius 2 is 1.74 bits per heavy atom. The minimum Gasteiger partial charge on any atom is -0.486 e. The number of hydrogen-bond acceptors (Lipinski definition) is 16. The third kappa shape index (κ3) is 8.12. The van der Waals surface area contributed by atoms with E-state index in [1.165, 1.54) is 24.4 Å². The van der Waals surface area contributed by atoms with Crippen LogP contribution in [0, 0.1) is 5.41 Å². The van der Waals surface area contributed by atoms with E-state index in [-0.39, 0.29) is 88.8 Å². The fourth-order valence-corrected chi connectivity index (χ4v) is 7.87. The number of aliphatic imine (C=N–C) groups is 2. The van der Waals surface area contributed by atoms with Gasteiger partial charge in [-0.1, -0.05) is 42.5 Å². The standard InChI is InChI=1S/C43H41N7O12/c44-30-15-21(9-12-46-30)11-14-59-39-36(57)35(56)29(18-52)61-42(39)62-37-23(16-22-5-1-4-8-28(22)50-20-47-32-40(50)48-43(45)49-41(32)58)17-27-31(38(37)60-19-24(53)10-13-51)34(55)26-7-3-2-6-25(26)33(27)54/h1-9,12-13,15,17,24,29,35-36,39,42,52-53,56-57H,10-11,14,16,18-20H2,(H2,44,46)(H2,45,49,58)/p+1/t24-,29+,35+,36-,39+,42-/m1/s1. The maximum Gasteiger partial charge on any atom is 0.284 e. The van der Waals surface area contributed by atoms with Gasteiger partial charge in [0.15, 0.2) is 29.7 Å². The summed E-state index contributed by atoms with van der Waals surface area (Å²) in [4.78, 5) is 66.1. The molecule has 62 heavy (non-hydrogen) atoms. The molecule has 7 atom stereocenters. The van der Waals surface area contributed by atoms with Crippen LogP contribution in [-0.2, 0) is 31.9 Å². The number of carbonyl (C=O) groups excluding carboxylic acids is 4. The number of quaternary nitrogens is 1. The number of pyridine rings is 1. The van der Waals surface area contributed by atoms with Crippen LogP contribution >= 0.6 is 0 Å². The number of nitrogens with zero attached hydrogens (tertiary/aromatic N) is 3. The first-order chi connectivity index (χ1) is 30.0. The number of fused-ring (bicyclic) bond motifs is 3. The molecular formula is C43H42N7O12+. The number of rotatable bonds is 15. The third-order valence-corrected chi connectivity index (χ3v) is 10.9. The van der Waals surface area contributed by atoms with E-state index >= 15 is 0 Å². The number of nitrogen functional groups attached to an aromatic ring is 1. The van der Waals surface area contributed by atoms with Crippen molar-refractivity contribution in [1.29, 1.82) is 5.41 Å². The van der Waals surface area contributed by atoms with Crippen molar-refractivity contribution < 1.29 is 63.5 Å². The molecule has 8 rings (SSSR count). The molecule has 1 aromatic heterocycles. The van der Waals surface area contributed by atoms with E-state index in [1.54, 1.807) is 48.5 Å². The number of aldehydes is 1. The molecule has 320 valence electrons. The number of amides is 1. The minimum atomic E-state index is -1.68. The van der Waals surface area contributed by atoms with Crippen molar-refractivity contribution in [2.45, 2.75) is 56.1 Å². The Labute approximate surface area is 353 Å². The van der Waals surface area contributed by atoms with Gasteiger partial charge in [0.05, 0.1) is 24.9 Å². The minimum absolute atomic E-state index is 0.0393. The molecule has 1 fully saturated rings. The number of nitrogens with one attached hydrogen (secondary N) is 3. The van der Waals surface area contributed by atoms with E-state index in [1.807, 2.05) is 0 Å². The van der Waals surface area contributed by atoms with Crippen molar-refractivity contribution in [2.75, 3.05) is 32.2 Å². The Bertz CT molecular complexity index is 2530. The van der Waals surface area contributed by atoms with Gasteiger partial charge in [0.25, 0.3) is 11.7 Å². The highest BCUT2D eigenvalue weighted by Crippen LogP contribution is 2.45. The molecule has 0 spiro atoms. The Kier molecular flexibility index (Phi) is 12.1. The van der Waals surface area contributed by atoms with Gasteiger partial charge < -0.3 is 49.9 Å². The van der Waals surface area contributed by atoms with Crippen molar-refractivity contribution in [3.05, 3.63) is 112 Å². The van der Waals surface area contributed by atoms with E-state index in [0.717, 1.165) is 5.56 Å². The number of para-hydroxylation sites is 1. The lowest BCUT2D eigenvalue weighted by Crippen LogP contribution is -3.09. The zero-order valence-electron chi connectivity index (χ0n) is 32.9. The number of ketones is 2. The third-order valence-electron chi connectivity index (χ3n) is 10.9. The van der Waals surface area contributed by atoms with E-state index in [2.05, 4.69) is 20.3 Å². The highest BCUT2D eigenvalue weighted by atomic mass is 16.7. The summed E-state index contributed by atoms with van der Waals surface area (Å²) < 4.78 is 25.1. The fraction of sp³-hybridized carbons (Fsp3) is 0.302. The zero-order valence-corrected chi connectivity index (χ0v) is 32.9. The van der Waals surface area contributed by atoms with Gasteiger partial charge in [-0.05, 0) is 36.2 Å². The number of aliphatic hydroxyl groups excluding tert-OH is 4. The SMILES string of the molecule is N=C1N=C2C(=NC[NH+]2c2ccccc2Cc2cc3c(c(OC[C@H](O)CC=O)c2O[C@H]2O[C@@H](CO)[C@H](O)[C@@H](O)[C@@H]2OCCc2ccnc(N)c2)C(=O)c2ccccc2C3=O)C(=O)N1. The molecular weight excluding hydrogens is 807 g/mol. The van der Waals surface area contributed by atoms with Gasteiger partial charge in [0, 0.05) is 46.9 Å². The number of aromatic nitrogens is 1. The van der Waals surface area contributed by atoms with Gasteiger partial charge in [-0.3, -0.25) is 25.1 Å². The summed E-state index contributed by atoms with van der Waals surface area (Å²) in [6.07, 6.45) is -7.11. The van der Waals surface area contributed by atoms with Crippen molar-refractivity contribution in [2.24, 2.45) is 9.98 Å². The quantitative estimate of drug-likeness (QED) is 0.0599. The second-order valence-electron chi connectivity index (χ2n) is 14.9. The van der Waals surface area contributed by atoms with Crippen molar-refractivity contribution in [3.8, 4) is 11.5 Å². The van der Waals surface area contributed by atoms with Crippen LogP contribution in [0.3, 0.4) is 0 Å². The largest absolute Gasteiger partial charge is 0.486 e. The van der Waals surface area contributed by atoms with Crippen molar-refractivity contribution in [1.82, 2.24) is 10.3 Å². The van der Waals surface area contributed by atoms with Crippen LogP contribution in [-0.4, -0.2) is 130 Å². The smallest absolute Gasteiger partial charge is 0.284 e. The van der Waals surface area contributed by atoms with Gasteiger partial charge in [-0.15, -0.1) is 0 Å². The van der Waals surface area contributed by atoms with Gasteiger partial charge >= 0.3 is 0 Å². The predicted molar refractivity (Wildman–Crippen MR) is 218 cm³/mol. The molecule has 4 heterocycles. The van der Waals surface area contributed by atoms with Gasteiger partial charge in [-0.2, -0.15) is 4.99 Å². The molecule has 19 nitrogen and oxygen atoms in total. The van der Waals surface area contributed by atoms with Crippen LogP contribution < -0.4 is 25.4 Å². The van der Waals surface area contributed by atoms with Gasteiger partial charge in [-0.25, -0.2) is 14.9 Å². The van der Waals surface area contributed by atoms with E-state index in [4.69, 9.17) is 30.1 Å². The predicted octanol–water partition coefficient (Wildman–Crippen LogP) is -0.804. The fourth-order valence-electron chi connectivity index (χ4n) is 7.87. The van der Waals surface area contributed by atoms with E-state index in [0.29, 0.717) is 28.9 Å². The Morgan fingerprint density at radius 3 is 2.50 bits per heavy atom. The Balaban J connectivity index is 1.26. The second kappa shape index (κ2) is 17.8. The lowest BCUT2D eigenvalue weighted by atomic mass is 9.81. The summed E-state index contributed by atoms with van der Waals surface area (Å²) >= 11 is 0. The van der Waals surface area contributed by atoms with Gasteiger partial charge in [0.1, 0.15) is 48.8 Å². The monoisotopic (exact) mass is 848 g/mol. The number of anilines is 1. The average Bonchev–Trinajstić information content (AvgIpc) is 3.69. The Morgan fingerprint density at radius 1 is 0.984 bits per heavy atom. The number of carbonyl (C=O) groups is 4. The molecule has 0 bridgehead atoms. The number of hydrogen-bond donors (Lipinski definition) is 8. The van der Waals surface area contributed by atoms with Crippen LogP contribution in [0.15, 0.2) is 82.9 Å². The van der Waals surface area contributed by atoms with E-state index in [9.17, 15) is 39.6 Å². The highest BCUT2D eigenvalue weighted by Gasteiger charge is 2.48. The first-order valence-corrected chi connectivity index (χ1v) is 19.7. The van der Waals surface area contributed by atoms with Crippen LogP contribution in [0.4, 0.5) is 11.5 Å². The van der Waals surface area contributed by atoms with Crippen LogP contribution in [0.1, 0.15) is 55.0 Å². The first kappa shape index (κ1) is 42.1. The molecule has 4 aromatic rings. The number of nitrogens with two attached hydrogens (primary N) is 1. The van der Waals surface area contributed by atoms with Crippen LogP contribution in [0.2, 0.25) is 0 Å². The molecule has 1 aliphatic carbocycles. The first-order valence-electron chi connectivity index (χ1n) is 19.7.